The van der Waals surface area contributed by atoms with Crippen molar-refractivity contribution in [3.63, 3.8) is 0 Å². The highest BCUT2D eigenvalue weighted by Gasteiger charge is 2.46. The number of carbonyl (C=O) groups excluding carboxylic acids is 2. The zero-order valence-corrected chi connectivity index (χ0v) is 50.4. The summed E-state index contributed by atoms with van der Waals surface area (Å²) in [5.41, 5.74) is 17.0. The number of urea groups is 2. The van der Waals surface area contributed by atoms with E-state index in [1.807, 2.05) is 48.5 Å². The summed E-state index contributed by atoms with van der Waals surface area (Å²) in [5.74, 6) is 0.624. The maximum Gasteiger partial charge on any atom is 0.319 e. The number of halogens is 2. The molecule has 8 atom stereocenters. The van der Waals surface area contributed by atoms with Gasteiger partial charge in [0.05, 0.1) is 10.8 Å². The monoisotopic (exact) mass is 1230 g/mol. The van der Waals surface area contributed by atoms with Gasteiger partial charge in [0.25, 0.3) is 0 Å². The molecule has 6 aromatic rings. The number of hydrogen-bond donors (Lipinski definition) is 10. The Kier molecular flexibility index (Phi) is 20.6. The summed E-state index contributed by atoms with van der Waals surface area (Å²) in [6.07, 6.45) is 0.189. The smallest absolute Gasteiger partial charge is 0.319 e. The number of aromatic nitrogens is 6. The van der Waals surface area contributed by atoms with Crippen molar-refractivity contribution >= 4 is 89.0 Å². The molecular formula is C56H80Br2N14O8. The van der Waals surface area contributed by atoms with Crippen molar-refractivity contribution < 1.29 is 39.5 Å². The van der Waals surface area contributed by atoms with Gasteiger partial charge in [-0.25, -0.2) is 29.5 Å². The van der Waals surface area contributed by atoms with Gasteiger partial charge >= 0.3 is 12.1 Å². The van der Waals surface area contributed by atoms with Crippen LogP contribution in [0.2, 0.25) is 0 Å². The van der Waals surface area contributed by atoms with Gasteiger partial charge in [0.15, 0.2) is 12.5 Å². The van der Waals surface area contributed by atoms with Gasteiger partial charge < -0.3 is 71.8 Å². The van der Waals surface area contributed by atoms with Crippen molar-refractivity contribution in [3.05, 3.63) is 93.7 Å². The minimum absolute atomic E-state index is 0.0545. The van der Waals surface area contributed by atoms with Crippen molar-refractivity contribution in [2.24, 2.45) is 0 Å². The Morgan fingerprint density at radius 1 is 0.600 bits per heavy atom. The molecule has 22 nitrogen and oxygen atoms in total. The molecule has 2 saturated heterocycles. The number of aliphatic hydroxyl groups excluding tert-OH is 4. The lowest BCUT2D eigenvalue weighted by atomic mass is 9.87. The zero-order valence-electron chi connectivity index (χ0n) is 47.3. The van der Waals surface area contributed by atoms with Gasteiger partial charge in [-0.1, -0.05) is 65.8 Å². The average molecular weight is 1240 g/mol. The predicted octanol–water partition coefficient (Wildman–Crippen LogP) is 7.23. The van der Waals surface area contributed by atoms with Crippen LogP contribution in [0.1, 0.15) is 106 Å². The third-order valence-corrected chi connectivity index (χ3v) is 15.7. The number of carbonyl (C=O) groups is 2. The number of hydrogen-bond acceptors (Lipinski definition) is 16. The van der Waals surface area contributed by atoms with Gasteiger partial charge in [0, 0.05) is 84.1 Å². The fraction of sp³-hybridized carbons (Fsp3) is 0.536. The number of nitrogens with one attached hydrogen (secondary N) is 4. The SMILES string of the molecule is CC(C)N(CCCNC(=O)Nc1ccc(C(C)(C)C)cc1)C[C@H]1O[C@@H](n2cc(Br)c3c(N)ncnc32)[C@H](O)[C@@H]1O.CC(C)N(CCCNC(=O)Nc1ccc(C(C)(C)C)cc1)C[C@H]1O[C@@H](n2cc(Br)c3c(N)ncnc32)[C@H](O)[C@@H]1O. The largest absolute Gasteiger partial charge is 0.387 e. The van der Waals surface area contributed by atoms with Crippen molar-refractivity contribution in [2.75, 3.05) is 61.4 Å². The Hall–Kier alpha value is -5.54. The molecule has 0 bridgehead atoms. The first-order chi connectivity index (χ1) is 37.7. The molecule has 8 rings (SSSR count). The second-order valence-electron chi connectivity index (χ2n) is 23.1. The van der Waals surface area contributed by atoms with E-state index in [1.54, 1.807) is 21.5 Å². The molecule has 2 aliphatic rings. The Balaban J connectivity index is 0.000000231. The Morgan fingerprint density at radius 2 is 0.950 bits per heavy atom. The molecule has 2 aromatic carbocycles. The van der Waals surface area contributed by atoms with E-state index in [0.717, 1.165) is 11.4 Å². The molecule has 80 heavy (non-hydrogen) atoms. The summed E-state index contributed by atoms with van der Waals surface area (Å²) < 4.78 is 17.0. The number of fused-ring (bicyclic) bond motifs is 2. The number of aliphatic hydroxyl groups is 4. The van der Waals surface area contributed by atoms with Crippen molar-refractivity contribution in [2.45, 2.75) is 154 Å². The lowest BCUT2D eigenvalue weighted by Crippen LogP contribution is -2.44. The van der Waals surface area contributed by atoms with Gasteiger partial charge in [-0.05, 0) is 119 Å². The van der Waals surface area contributed by atoms with E-state index in [-0.39, 0.29) is 35.0 Å². The molecule has 0 saturated carbocycles. The predicted molar refractivity (Wildman–Crippen MR) is 318 cm³/mol. The van der Waals surface area contributed by atoms with Crippen LogP contribution in [0.5, 0.6) is 0 Å². The van der Waals surface area contributed by atoms with Crippen molar-refractivity contribution in [1.82, 2.24) is 49.5 Å². The van der Waals surface area contributed by atoms with E-state index in [1.165, 1.54) is 23.8 Å². The van der Waals surface area contributed by atoms with Crippen LogP contribution in [0.3, 0.4) is 0 Å². The third-order valence-electron chi connectivity index (χ3n) is 14.5. The molecule has 4 aromatic heterocycles. The molecule has 2 fully saturated rings. The van der Waals surface area contributed by atoms with E-state index in [4.69, 9.17) is 20.9 Å². The summed E-state index contributed by atoms with van der Waals surface area (Å²) in [6.45, 7) is 24.3. The number of amides is 4. The highest BCUT2D eigenvalue weighted by atomic mass is 79.9. The summed E-state index contributed by atoms with van der Waals surface area (Å²) in [6, 6.07) is 15.6. The molecule has 436 valence electrons. The van der Waals surface area contributed by atoms with Crippen LogP contribution in [0.4, 0.5) is 32.6 Å². The van der Waals surface area contributed by atoms with E-state index < -0.39 is 49.1 Å². The van der Waals surface area contributed by atoms with Gasteiger partial charge in [-0.3, -0.25) is 9.80 Å². The van der Waals surface area contributed by atoms with Crippen LogP contribution in [-0.2, 0) is 20.3 Å². The first-order valence-corrected chi connectivity index (χ1v) is 28.7. The quantitative estimate of drug-likeness (QED) is 0.0380. The first-order valence-electron chi connectivity index (χ1n) is 27.1. The van der Waals surface area contributed by atoms with Gasteiger partial charge in [0.1, 0.15) is 72.2 Å². The molecule has 0 radical (unpaired) electrons. The van der Waals surface area contributed by atoms with Crippen LogP contribution in [0.15, 0.2) is 82.5 Å². The Morgan fingerprint density at radius 3 is 1.27 bits per heavy atom. The first kappa shape index (κ1) is 62.1. The van der Waals surface area contributed by atoms with Crippen LogP contribution in [-0.4, -0.2) is 159 Å². The summed E-state index contributed by atoms with van der Waals surface area (Å²) >= 11 is 6.95. The third kappa shape index (κ3) is 15.1. The van der Waals surface area contributed by atoms with Crippen molar-refractivity contribution in [3.8, 4) is 0 Å². The molecule has 0 aliphatic carbocycles. The van der Waals surface area contributed by atoms with E-state index in [2.05, 4.69) is 152 Å². The number of benzene rings is 2. The molecule has 0 unspecified atom stereocenters. The topological polar surface area (TPSA) is 302 Å². The number of nitrogens with two attached hydrogens (primary N) is 2. The van der Waals surface area contributed by atoms with E-state index in [9.17, 15) is 30.0 Å². The number of ether oxygens (including phenoxy) is 2. The van der Waals surface area contributed by atoms with Gasteiger partial charge in [-0.2, -0.15) is 0 Å². The summed E-state index contributed by atoms with van der Waals surface area (Å²) in [4.78, 5) is 45.7. The molecule has 0 spiro atoms. The minimum atomic E-state index is -1.15. The molecular weight excluding hydrogens is 1160 g/mol. The van der Waals surface area contributed by atoms with Crippen LogP contribution >= 0.6 is 31.9 Å². The van der Waals surface area contributed by atoms with Crippen LogP contribution in [0, 0.1) is 0 Å². The van der Waals surface area contributed by atoms with Gasteiger partial charge in [0.2, 0.25) is 0 Å². The summed E-state index contributed by atoms with van der Waals surface area (Å²) in [5, 5.41) is 56.2. The van der Waals surface area contributed by atoms with Crippen LogP contribution in [0.25, 0.3) is 22.1 Å². The average Bonchev–Trinajstić information content (AvgIpc) is 4.13. The fourth-order valence-corrected chi connectivity index (χ4v) is 10.9. The van der Waals surface area contributed by atoms with Crippen molar-refractivity contribution in [1.29, 1.82) is 0 Å². The second kappa shape index (κ2) is 26.6. The Labute approximate surface area is 484 Å². The number of rotatable bonds is 18. The number of nitrogen functional groups attached to an aromatic ring is 2. The lowest BCUT2D eigenvalue weighted by Gasteiger charge is -2.30. The Bertz CT molecular complexity index is 2820. The molecule has 24 heteroatoms. The lowest BCUT2D eigenvalue weighted by molar-refractivity contribution is -0.0466. The highest BCUT2D eigenvalue weighted by molar-refractivity contribution is 9.11. The van der Waals surface area contributed by atoms with E-state index in [0.29, 0.717) is 94.8 Å². The fourth-order valence-electron chi connectivity index (χ4n) is 9.74. The second-order valence-corrected chi connectivity index (χ2v) is 24.8. The standard InChI is InChI=1S/2C28H40BrN7O4/c2*1-16(2)35(12-6-11-31-27(39)34-18-9-7-17(8-10-18)28(3,4)5)14-20-22(37)23(38)26(40-20)36-13-19(29)21-24(30)32-15-33-25(21)36/h2*7-10,13,15-16,20,22-23,26,37-38H,6,11-12,14H2,1-5H3,(H2,30,32,33)(H2,31,34,39)/t2*20-,22-,23-,26-/m11/s1. The number of nitrogens with zero attached hydrogens (tertiary/aromatic N) is 8. The maximum absolute atomic E-state index is 12.4. The molecule has 2 aliphatic heterocycles. The van der Waals surface area contributed by atoms with Gasteiger partial charge in [-0.15, -0.1) is 0 Å². The highest BCUT2D eigenvalue weighted by Crippen LogP contribution is 2.39. The normalized spacial score (nSPS) is 21.4. The molecule has 12 N–H and O–H groups in total. The zero-order chi connectivity index (χ0) is 58.4. The maximum atomic E-state index is 12.4. The number of anilines is 4. The van der Waals surface area contributed by atoms with E-state index >= 15 is 0 Å². The van der Waals surface area contributed by atoms with Crippen LogP contribution < -0.4 is 32.7 Å². The molecule has 4 amide bonds. The minimum Gasteiger partial charge on any atom is -0.387 e. The summed E-state index contributed by atoms with van der Waals surface area (Å²) in [7, 11) is 0. The molecule has 6 heterocycles.